The van der Waals surface area contributed by atoms with Crippen LogP contribution in [-0.2, 0) is 6.54 Å². The van der Waals surface area contributed by atoms with Gasteiger partial charge in [0.15, 0.2) is 5.69 Å². The quantitative estimate of drug-likeness (QED) is 0.767. The molecule has 1 aromatic heterocycles. The second kappa shape index (κ2) is 7.39. The number of carbonyl (C=O) groups excluding carboxylic acids is 1. The van der Waals surface area contributed by atoms with Gasteiger partial charge in [0.25, 0.3) is 11.5 Å². The molecular formula is C20H21N3O3. The minimum Gasteiger partial charge on any atom is -0.496 e. The number of benzene rings is 2. The zero-order valence-electron chi connectivity index (χ0n) is 15.0. The number of ether oxygens (including phenoxy) is 1. The number of hydrogen-bond acceptors (Lipinski definition) is 4. The summed E-state index contributed by atoms with van der Waals surface area (Å²) in [4.78, 5) is 25.3. The molecule has 2 aromatic carbocycles. The molecule has 0 aliphatic carbocycles. The van der Waals surface area contributed by atoms with Crippen LogP contribution in [0.1, 0.15) is 35.9 Å². The Hall–Kier alpha value is -3.15. The number of nitrogens with zero attached hydrogens (tertiary/aromatic N) is 2. The highest BCUT2D eigenvalue weighted by Gasteiger charge is 2.18. The van der Waals surface area contributed by atoms with E-state index in [0.29, 0.717) is 23.1 Å². The maximum absolute atomic E-state index is 12.8. The fourth-order valence-electron chi connectivity index (χ4n) is 2.83. The van der Waals surface area contributed by atoms with Crippen LogP contribution < -0.4 is 15.6 Å². The Kier molecular flexibility index (Phi) is 5.02. The molecule has 0 unspecified atom stereocenters. The van der Waals surface area contributed by atoms with Gasteiger partial charge in [0.2, 0.25) is 0 Å². The summed E-state index contributed by atoms with van der Waals surface area (Å²) in [6, 6.07) is 14.4. The van der Waals surface area contributed by atoms with Crippen molar-refractivity contribution in [3.8, 4) is 5.75 Å². The third-order valence-electron chi connectivity index (χ3n) is 4.16. The van der Waals surface area contributed by atoms with Gasteiger partial charge in [0.1, 0.15) is 5.75 Å². The van der Waals surface area contributed by atoms with Crippen molar-refractivity contribution in [1.29, 1.82) is 0 Å². The van der Waals surface area contributed by atoms with E-state index in [1.807, 2.05) is 38.1 Å². The van der Waals surface area contributed by atoms with Crippen LogP contribution in [0.4, 0.5) is 0 Å². The summed E-state index contributed by atoms with van der Waals surface area (Å²) >= 11 is 0. The highest BCUT2D eigenvalue weighted by Crippen LogP contribution is 2.18. The standard InChI is InChI=1S/C20H21N3O3/c1-13(2)23-20(25)16-10-6-5-9-15(16)18(22-23)19(24)21-12-14-8-4-7-11-17(14)26-3/h4-11,13H,12H2,1-3H3,(H,21,24). The summed E-state index contributed by atoms with van der Waals surface area (Å²) in [5.74, 6) is 0.374. The molecule has 3 rings (SSSR count). The molecule has 6 nitrogen and oxygen atoms in total. The molecule has 0 atom stereocenters. The second-order valence-corrected chi connectivity index (χ2v) is 6.23. The Morgan fingerprint density at radius 1 is 1.12 bits per heavy atom. The van der Waals surface area contributed by atoms with Crippen LogP contribution in [0.2, 0.25) is 0 Å². The van der Waals surface area contributed by atoms with E-state index in [-0.39, 0.29) is 23.2 Å². The molecule has 0 aliphatic rings. The van der Waals surface area contributed by atoms with E-state index in [0.717, 1.165) is 5.56 Å². The first kappa shape index (κ1) is 17.7. The van der Waals surface area contributed by atoms with Gasteiger partial charge < -0.3 is 10.1 Å². The number of methoxy groups -OCH3 is 1. The third-order valence-corrected chi connectivity index (χ3v) is 4.16. The fourth-order valence-corrected chi connectivity index (χ4v) is 2.83. The van der Waals surface area contributed by atoms with E-state index in [1.165, 1.54) is 4.68 Å². The van der Waals surface area contributed by atoms with Gasteiger partial charge in [0, 0.05) is 17.5 Å². The Bertz CT molecular complexity index is 1010. The molecule has 1 amide bonds. The largest absolute Gasteiger partial charge is 0.496 e. The zero-order valence-corrected chi connectivity index (χ0v) is 15.0. The van der Waals surface area contributed by atoms with Gasteiger partial charge in [-0.15, -0.1) is 0 Å². The molecule has 0 saturated heterocycles. The summed E-state index contributed by atoms with van der Waals surface area (Å²) in [6.07, 6.45) is 0. The van der Waals surface area contributed by atoms with Crippen molar-refractivity contribution in [2.24, 2.45) is 0 Å². The molecule has 0 saturated carbocycles. The number of aromatic nitrogens is 2. The fraction of sp³-hybridized carbons (Fsp3) is 0.250. The molecule has 6 heteroatoms. The first-order chi connectivity index (χ1) is 12.5. The van der Waals surface area contributed by atoms with E-state index in [2.05, 4.69) is 10.4 Å². The zero-order chi connectivity index (χ0) is 18.7. The van der Waals surface area contributed by atoms with E-state index < -0.39 is 0 Å². The van der Waals surface area contributed by atoms with Gasteiger partial charge >= 0.3 is 0 Å². The number of carbonyl (C=O) groups is 1. The smallest absolute Gasteiger partial charge is 0.274 e. The minimum absolute atomic E-state index is 0.145. The van der Waals surface area contributed by atoms with Crippen molar-refractivity contribution in [2.75, 3.05) is 7.11 Å². The van der Waals surface area contributed by atoms with Crippen LogP contribution in [0, 0.1) is 0 Å². The van der Waals surface area contributed by atoms with Gasteiger partial charge in [-0.25, -0.2) is 4.68 Å². The van der Waals surface area contributed by atoms with E-state index in [9.17, 15) is 9.59 Å². The molecule has 1 N–H and O–H groups in total. The third kappa shape index (κ3) is 3.31. The van der Waals surface area contributed by atoms with Crippen LogP contribution in [0.3, 0.4) is 0 Å². The topological polar surface area (TPSA) is 73.2 Å². The predicted molar refractivity (Wildman–Crippen MR) is 101 cm³/mol. The van der Waals surface area contributed by atoms with Crippen molar-refractivity contribution in [1.82, 2.24) is 15.1 Å². The van der Waals surface area contributed by atoms with Crippen LogP contribution in [0.25, 0.3) is 10.8 Å². The van der Waals surface area contributed by atoms with Crippen molar-refractivity contribution in [2.45, 2.75) is 26.4 Å². The van der Waals surface area contributed by atoms with Crippen molar-refractivity contribution in [3.63, 3.8) is 0 Å². The molecule has 0 fully saturated rings. The lowest BCUT2D eigenvalue weighted by atomic mass is 10.1. The van der Waals surface area contributed by atoms with E-state index in [1.54, 1.807) is 31.4 Å². The number of nitrogens with one attached hydrogen (secondary N) is 1. The summed E-state index contributed by atoms with van der Waals surface area (Å²) in [7, 11) is 1.59. The highest BCUT2D eigenvalue weighted by molar-refractivity contribution is 6.04. The number of amides is 1. The lowest BCUT2D eigenvalue weighted by molar-refractivity contribution is 0.0945. The first-order valence-corrected chi connectivity index (χ1v) is 8.44. The van der Waals surface area contributed by atoms with Gasteiger partial charge in [0.05, 0.1) is 18.5 Å². The van der Waals surface area contributed by atoms with Gasteiger partial charge in [-0.1, -0.05) is 36.4 Å². The summed E-state index contributed by atoms with van der Waals surface area (Å²) in [6.45, 7) is 4.03. The van der Waals surface area contributed by atoms with Crippen molar-refractivity contribution in [3.05, 3.63) is 70.1 Å². The molecule has 0 spiro atoms. The normalized spacial score (nSPS) is 10.9. The number of para-hydroxylation sites is 1. The average Bonchev–Trinajstić information content (AvgIpc) is 2.66. The second-order valence-electron chi connectivity index (χ2n) is 6.23. The molecule has 0 bridgehead atoms. The van der Waals surface area contributed by atoms with E-state index >= 15 is 0 Å². The van der Waals surface area contributed by atoms with E-state index in [4.69, 9.17) is 4.74 Å². The SMILES string of the molecule is COc1ccccc1CNC(=O)c1nn(C(C)C)c(=O)c2ccccc12. The van der Waals surface area contributed by atoms with Crippen LogP contribution >= 0.6 is 0 Å². The van der Waals surface area contributed by atoms with Gasteiger partial charge in [-0.05, 0) is 26.0 Å². The Labute approximate surface area is 151 Å². The molecule has 134 valence electrons. The van der Waals surface area contributed by atoms with Crippen LogP contribution in [-0.4, -0.2) is 22.8 Å². The van der Waals surface area contributed by atoms with Crippen molar-refractivity contribution >= 4 is 16.7 Å². The highest BCUT2D eigenvalue weighted by atomic mass is 16.5. The van der Waals surface area contributed by atoms with Crippen molar-refractivity contribution < 1.29 is 9.53 Å². The number of hydrogen-bond donors (Lipinski definition) is 1. The summed E-state index contributed by atoms with van der Waals surface area (Å²) in [5.41, 5.74) is 0.908. The average molecular weight is 351 g/mol. The predicted octanol–water partition coefficient (Wildman–Crippen LogP) is 2.92. The monoisotopic (exact) mass is 351 g/mol. The molecule has 0 radical (unpaired) electrons. The maximum atomic E-state index is 12.8. The van der Waals surface area contributed by atoms with Crippen LogP contribution in [0.15, 0.2) is 53.3 Å². The van der Waals surface area contributed by atoms with Gasteiger partial charge in [-0.3, -0.25) is 9.59 Å². The molecule has 0 aliphatic heterocycles. The minimum atomic E-state index is -0.332. The lowest BCUT2D eigenvalue weighted by Crippen LogP contribution is -2.31. The Balaban J connectivity index is 1.98. The summed E-state index contributed by atoms with van der Waals surface area (Å²) in [5, 5.41) is 8.22. The molecular weight excluding hydrogens is 330 g/mol. The Morgan fingerprint density at radius 2 is 1.77 bits per heavy atom. The van der Waals surface area contributed by atoms with Gasteiger partial charge in [-0.2, -0.15) is 5.10 Å². The number of fused-ring (bicyclic) bond motifs is 1. The lowest BCUT2D eigenvalue weighted by Gasteiger charge is -2.14. The maximum Gasteiger partial charge on any atom is 0.274 e. The number of rotatable bonds is 5. The Morgan fingerprint density at radius 3 is 2.46 bits per heavy atom. The molecule has 26 heavy (non-hydrogen) atoms. The summed E-state index contributed by atoms with van der Waals surface area (Å²) < 4.78 is 6.66. The molecule has 3 aromatic rings. The first-order valence-electron chi connectivity index (χ1n) is 8.44. The molecule has 1 heterocycles. The van der Waals surface area contributed by atoms with Crippen LogP contribution in [0.5, 0.6) is 5.75 Å².